The van der Waals surface area contributed by atoms with Crippen LogP contribution in [-0.4, -0.2) is 0 Å². The summed E-state index contributed by atoms with van der Waals surface area (Å²) in [5.41, 5.74) is 11.4. The van der Waals surface area contributed by atoms with Crippen LogP contribution in [0.4, 0.5) is 0 Å². The van der Waals surface area contributed by atoms with E-state index in [2.05, 4.69) is 16.1 Å². The summed E-state index contributed by atoms with van der Waals surface area (Å²) in [6.45, 7) is 0. The van der Waals surface area contributed by atoms with Crippen molar-refractivity contribution in [1.82, 2.24) is 0 Å². The average molecular weight is 183 g/mol. The minimum absolute atomic E-state index is 0.707. The van der Waals surface area contributed by atoms with Gasteiger partial charge in [0.15, 0.2) is 0 Å². The Morgan fingerprint density at radius 1 is 1.14 bits per heavy atom. The predicted molar refractivity (Wildman–Crippen MR) is 56.3 cm³/mol. The van der Waals surface area contributed by atoms with Gasteiger partial charge in [-0.05, 0) is 23.1 Å². The van der Waals surface area contributed by atoms with E-state index in [1.54, 1.807) is 0 Å². The second-order valence-corrected chi connectivity index (χ2v) is 3.10. The van der Waals surface area contributed by atoms with Gasteiger partial charge in [0, 0.05) is 10.6 Å². The molecular weight excluding hydrogens is 174 g/mol. The summed E-state index contributed by atoms with van der Waals surface area (Å²) in [7, 11) is 0. The lowest BCUT2D eigenvalue weighted by Crippen LogP contribution is -1.85. The average Bonchev–Trinajstić information content (AvgIpc) is 2.52. The summed E-state index contributed by atoms with van der Waals surface area (Å²) in [6, 6.07) is 0. The Morgan fingerprint density at radius 3 is 2.86 bits per heavy atom. The zero-order valence-corrected chi connectivity index (χ0v) is 7.59. The molecule has 14 heavy (non-hydrogen) atoms. The van der Waals surface area contributed by atoms with E-state index in [0.29, 0.717) is 5.70 Å². The zero-order chi connectivity index (χ0) is 9.80. The topological polar surface area (TPSA) is 48.8 Å². The van der Waals surface area contributed by atoms with Crippen molar-refractivity contribution in [3.8, 4) is 0 Å². The molecule has 0 aromatic carbocycles. The summed E-state index contributed by atoms with van der Waals surface area (Å²) < 4.78 is 0. The lowest BCUT2D eigenvalue weighted by atomic mass is 10.1. The lowest BCUT2D eigenvalue weighted by Gasteiger charge is -2.03. The van der Waals surface area contributed by atoms with Gasteiger partial charge in [-0.3, -0.25) is 0 Å². The molecule has 0 unspecified atom stereocenters. The highest BCUT2D eigenvalue weighted by molar-refractivity contribution is 5.47. The van der Waals surface area contributed by atoms with E-state index in [1.807, 2.05) is 36.5 Å². The van der Waals surface area contributed by atoms with Crippen molar-refractivity contribution >= 4 is 0 Å². The summed E-state index contributed by atoms with van der Waals surface area (Å²) in [6.07, 6.45) is 14.6. The van der Waals surface area contributed by atoms with Gasteiger partial charge >= 0.3 is 0 Å². The van der Waals surface area contributed by atoms with Crippen molar-refractivity contribution in [3.63, 3.8) is 0 Å². The highest BCUT2D eigenvalue weighted by atomic mass is 15.1. The fraction of sp³-hybridized carbons (Fsp3) is 0.0909. The minimum atomic E-state index is 0.707. The molecule has 3 heteroatoms. The summed E-state index contributed by atoms with van der Waals surface area (Å²) in [4.78, 5) is 2.82. The van der Waals surface area contributed by atoms with E-state index in [9.17, 15) is 0 Å². The smallest absolute Gasteiger partial charge is 0.0410 e. The van der Waals surface area contributed by atoms with Crippen molar-refractivity contribution < 1.29 is 0 Å². The Labute approximate surface area is 82.1 Å². The van der Waals surface area contributed by atoms with Crippen LogP contribution in [0.2, 0.25) is 0 Å². The third-order valence-electron chi connectivity index (χ3n) is 2.16. The first kappa shape index (κ1) is 8.60. The Bertz CT molecular complexity index is 441. The third kappa shape index (κ3) is 1.68. The Kier molecular flexibility index (Phi) is 2.34. The largest absolute Gasteiger partial charge is 0.0620 e. The maximum absolute atomic E-state index is 8.41. The number of azide groups is 1. The van der Waals surface area contributed by atoms with Gasteiger partial charge < -0.3 is 0 Å². The van der Waals surface area contributed by atoms with Gasteiger partial charge in [-0.1, -0.05) is 47.6 Å². The molecule has 0 saturated carbocycles. The van der Waals surface area contributed by atoms with Crippen LogP contribution in [0.3, 0.4) is 0 Å². The molecule has 0 fully saturated rings. The van der Waals surface area contributed by atoms with Crippen LogP contribution in [0, 0.1) is 0 Å². The molecule has 0 amide bonds. The van der Waals surface area contributed by atoms with Crippen LogP contribution in [0.25, 0.3) is 10.4 Å². The number of hydrogen-bond donors (Lipinski definition) is 0. The molecular formula is C11H9N3. The van der Waals surface area contributed by atoms with Gasteiger partial charge in [-0.15, -0.1) is 0 Å². The first-order valence-electron chi connectivity index (χ1n) is 4.40. The number of hydrogen-bond acceptors (Lipinski definition) is 1. The van der Waals surface area contributed by atoms with Crippen molar-refractivity contribution in [2.45, 2.75) is 6.42 Å². The molecule has 0 radical (unpaired) electrons. The standard InChI is InChI=1S/C11H9N3/c12-14-13-11-7-3-5-9-4-1-2-6-10(11)8-9/h1-7H,8H2. The Hall–Kier alpha value is -1.99. The molecule has 0 aromatic rings. The molecule has 0 aliphatic heterocycles. The van der Waals surface area contributed by atoms with Crippen LogP contribution in [0.5, 0.6) is 0 Å². The number of allylic oxidation sites excluding steroid dienone is 9. The molecule has 0 spiro atoms. The van der Waals surface area contributed by atoms with Gasteiger partial charge in [-0.25, -0.2) is 0 Å². The molecule has 2 aliphatic carbocycles. The lowest BCUT2D eigenvalue weighted by molar-refractivity contribution is 1.14. The molecule has 2 bridgehead atoms. The number of rotatable bonds is 1. The van der Waals surface area contributed by atoms with E-state index >= 15 is 0 Å². The molecule has 3 nitrogen and oxygen atoms in total. The van der Waals surface area contributed by atoms with Crippen molar-refractivity contribution in [1.29, 1.82) is 0 Å². The second kappa shape index (κ2) is 3.81. The summed E-state index contributed by atoms with van der Waals surface area (Å²) in [5, 5.41) is 3.67. The van der Waals surface area contributed by atoms with Crippen LogP contribution >= 0.6 is 0 Å². The molecule has 0 saturated heterocycles. The molecule has 0 aromatic heterocycles. The maximum Gasteiger partial charge on any atom is 0.0410 e. The van der Waals surface area contributed by atoms with E-state index < -0.39 is 0 Å². The zero-order valence-electron chi connectivity index (χ0n) is 7.59. The molecule has 68 valence electrons. The van der Waals surface area contributed by atoms with Crippen LogP contribution < -0.4 is 0 Å². The maximum atomic E-state index is 8.41. The van der Waals surface area contributed by atoms with Gasteiger partial charge in [0.1, 0.15) is 0 Å². The fourth-order valence-electron chi connectivity index (χ4n) is 1.49. The van der Waals surface area contributed by atoms with Crippen LogP contribution in [-0.2, 0) is 0 Å². The summed E-state index contributed by atoms with van der Waals surface area (Å²) in [5.74, 6) is 0. The normalized spacial score (nSPS) is 18.4. The first-order valence-corrected chi connectivity index (χ1v) is 4.40. The first-order chi connectivity index (χ1) is 6.90. The Morgan fingerprint density at radius 2 is 2.00 bits per heavy atom. The van der Waals surface area contributed by atoms with Crippen molar-refractivity contribution in [2.24, 2.45) is 5.11 Å². The molecule has 0 atom stereocenters. The minimum Gasteiger partial charge on any atom is -0.0620 e. The third-order valence-corrected chi connectivity index (χ3v) is 2.16. The summed E-state index contributed by atoms with van der Waals surface area (Å²) >= 11 is 0. The number of nitrogens with zero attached hydrogens (tertiary/aromatic N) is 3. The van der Waals surface area contributed by atoms with Gasteiger partial charge in [0.25, 0.3) is 0 Å². The van der Waals surface area contributed by atoms with Crippen molar-refractivity contribution in [2.75, 3.05) is 0 Å². The van der Waals surface area contributed by atoms with E-state index in [-0.39, 0.29) is 0 Å². The molecule has 2 rings (SSSR count). The van der Waals surface area contributed by atoms with Gasteiger partial charge in [0.05, 0.1) is 0 Å². The van der Waals surface area contributed by atoms with E-state index in [0.717, 1.165) is 12.0 Å². The van der Waals surface area contributed by atoms with E-state index in [1.165, 1.54) is 5.57 Å². The highest BCUT2D eigenvalue weighted by Gasteiger charge is 2.08. The van der Waals surface area contributed by atoms with Crippen LogP contribution in [0.1, 0.15) is 6.42 Å². The molecule has 0 N–H and O–H groups in total. The van der Waals surface area contributed by atoms with Crippen molar-refractivity contribution in [3.05, 3.63) is 69.8 Å². The fourth-order valence-corrected chi connectivity index (χ4v) is 1.49. The molecule has 2 aliphatic rings. The monoisotopic (exact) mass is 183 g/mol. The van der Waals surface area contributed by atoms with Crippen LogP contribution in [0.15, 0.2) is 64.5 Å². The van der Waals surface area contributed by atoms with Gasteiger partial charge in [-0.2, -0.15) is 0 Å². The quantitative estimate of drug-likeness (QED) is 0.339. The molecule has 0 heterocycles. The highest BCUT2D eigenvalue weighted by Crippen LogP contribution is 2.26. The Balaban J connectivity index is 2.48. The van der Waals surface area contributed by atoms with Gasteiger partial charge in [0.2, 0.25) is 0 Å². The number of fused-ring (bicyclic) bond motifs is 2. The SMILES string of the molecule is [N-]=[N+]=NC1=CC=CC2=CC=CC=C1C2. The predicted octanol–water partition coefficient (Wildman–Crippen LogP) is 3.56. The van der Waals surface area contributed by atoms with E-state index in [4.69, 9.17) is 5.53 Å². The second-order valence-electron chi connectivity index (χ2n) is 3.10.